The highest BCUT2D eigenvalue weighted by molar-refractivity contribution is 5.36. The number of nitrogens with one attached hydrogen (secondary N) is 1. The molecule has 3 heteroatoms. The van der Waals surface area contributed by atoms with Crippen molar-refractivity contribution in [1.82, 2.24) is 9.97 Å². The van der Waals surface area contributed by atoms with Crippen molar-refractivity contribution in [1.29, 1.82) is 0 Å². The molecule has 0 spiro atoms. The summed E-state index contributed by atoms with van der Waals surface area (Å²) in [6.45, 7) is 16.4. The lowest BCUT2D eigenvalue weighted by Gasteiger charge is -2.25. The average Bonchev–Trinajstić information content (AvgIpc) is 2.27. The summed E-state index contributed by atoms with van der Waals surface area (Å²) in [6, 6.07) is 2.03. The molecule has 3 nitrogen and oxygen atoms in total. The number of aromatic nitrogens is 2. The molecule has 0 saturated heterocycles. The molecule has 1 heterocycles. The van der Waals surface area contributed by atoms with Gasteiger partial charge in [-0.05, 0) is 24.7 Å². The van der Waals surface area contributed by atoms with E-state index in [0.29, 0.717) is 23.7 Å². The van der Waals surface area contributed by atoms with Crippen molar-refractivity contribution in [2.45, 2.75) is 54.4 Å². The van der Waals surface area contributed by atoms with E-state index < -0.39 is 0 Å². The van der Waals surface area contributed by atoms with Gasteiger partial charge in [0, 0.05) is 24.2 Å². The van der Waals surface area contributed by atoms with Crippen LogP contribution in [-0.4, -0.2) is 16.5 Å². The molecule has 1 aromatic heterocycles. The molecule has 0 atom stereocenters. The molecule has 0 fully saturated rings. The first kappa shape index (κ1) is 15.9. The van der Waals surface area contributed by atoms with Gasteiger partial charge in [-0.15, -0.1) is 0 Å². The van der Waals surface area contributed by atoms with Crippen molar-refractivity contribution < 1.29 is 0 Å². The van der Waals surface area contributed by atoms with E-state index in [1.54, 1.807) is 0 Å². The number of nitrogens with zero attached hydrogens (tertiary/aromatic N) is 2. The Hall–Kier alpha value is -1.12. The maximum atomic E-state index is 4.60. The largest absolute Gasteiger partial charge is 0.370 e. The molecule has 0 amide bonds. The van der Waals surface area contributed by atoms with E-state index in [1.165, 1.54) is 0 Å². The number of aryl methyl sites for hydroxylation is 1. The highest BCUT2D eigenvalue weighted by atomic mass is 15.0. The third kappa shape index (κ3) is 4.81. The molecule has 0 aliphatic carbocycles. The van der Waals surface area contributed by atoms with Crippen LogP contribution in [-0.2, 0) is 0 Å². The van der Waals surface area contributed by atoms with Gasteiger partial charge in [-0.3, -0.25) is 0 Å². The number of hydrogen-bond acceptors (Lipinski definition) is 3. The van der Waals surface area contributed by atoms with E-state index in [1.807, 2.05) is 13.0 Å². The Labute approximate surface area is 118 Å². The molecule has 19 heavy (non-hydrogen) atoms. The molecular weight excluding hydrogens is 234 g/mol. The van der Waals surface area contributed by atoms with Crippen LogP contribution in [0.15, 0.2) is 6.07 Å². The molecule has 0 aromatic carbocycles. The minimum absolute atomic E-state index is 0.367. The zero-order chi connectivity index (χ0) is 14.6. The van der Waals surface area contributed by atoms with E-state index in [0.717, 1.165) is 23.9 Å². The van der Waals surface area contributed by atoms with E-state index in [-0.39, 0.29) is 0 Å². The van der Waals surface area contributed by atoms with Crippen molar-refractivity contribution in [3.8, 4) is 0 Å². The zero-order valence-electron chi connectivity index (χ0n) is 13.5. The van der Waals surface area contributed by atoms with Crippen LogP contribution in [0.2, 0.25) is 0 Å². The van der Waals surface area contributed by atoms with E-state index in [2.05, 4.69) is 56.8 Å². The smallest absolute Gasteiger partial charge is 0.133 e. The molecule has 0 saturated carbocycles. The first-order valence-corrected chi connectivity index (χ1v) is 7.40. The minimum atomic E-state index is 0.367. The lowest BCUT2D eigenvalue weighted by atomic mass is 9.85. The Kier molecular flexibility index (Phi) is 5.77. The van der Waals surface area contributed by atoms with E-state index >= 15 is 0 Å². The third-order valence-electron chi connectivity index (χ3n) is 3.62. The molecular formula is C16H29N3. The summed E-state index contributed by atoms with van der Waals surface area (Å²) in [5.74, 6) is 4.28. The third-order valence-corrected chi connectivity index (χ3v) is 3.62. The standard InChI is InChI=1S/C16H29N3/c1-10(2)14(11(3)4)9-17-15-8-13(7)18-16(19-15)12(5)6/h8,10-12,14H,9H2,1-7H3,(H,17,18,19). The lowest BCUT2D eigenvalue weighted by molar-refractivity contribution is 0.304. The van der Waals surface area contributed by atoms with Gasteiger partial charge in [-0.25, -0.2) is 9.97 Å². The summed E-state index contributed by atoms with van der Waals surface area (Å²) >= 11 is 0. The first-order valence-electron chi connectivity index (χ1n) is 7.40. The molecule has 108 valence electrons. The molecule has 1 N–H and O–H groups in total. The fraction of sp³-hybridized carbons (Fsp3) is 0.750. The van der Waals surface area contributed by atoms with Gasteiger partial charge in [0.2, 0.25) is 0 Å². The molecule has 0 bridgehead atoms. The monoisotopic (exact) mass is 263 g/mol. The first-order chi connectivity index (χ1) is 8.81. The second kappa shape index (κ2) is 6.88. The van der Waals surface area contributed by atoms with Crippen molar-refractivity contribution >= 4 is 5.82 Å². The van der Waals surface area contributed by atoms with Crippen LogP contribution in [0.4, 0.5) is 5.82 Å². The van der Waals surface area contributed by atoms with Gasteiger partial charge in [-0.2, -0.15) is 0 Å². The van der Waals surface area contributed by atoms with Gasteiger partial charge in [0.25, 0.3) is 0 Å². The summed E-state index contributed by atoms with van der Waals surface area (Å²) in [4.78, 5) is 9.08. The topological polar surface area (TPSA) is 37.8 Å². The minimum Gasteiger partial charge on any atom is -0.370 e. The molecule has 0 aliphatic heterocycles. The van der Waals surface area contributed by atoms with Crippen molar-refractivity contribution in [2.75, 3.05) is 11.9 Å². The maximum absolute atomic E-state index is 4.60. The molecule has 0 aliphatic rings. The fourth-order valence-corrected chi connectivity index (χ4v) is 2.40. The van der Waals surface area contributed by atoms with Crippen molar-refractivity contribution in [3.05, 3.63) is 17.6 Å². The van der Waals surface area contributed by atoms with Crippen LogP contribution >= 0.6 is 0 Å². The normalized spacial score (nSPS) is 11.9. The van der Waals surface area contributed by atoms with Crippen LogP contribution in [0.5, 0.6) is 0 Å². The van der Waals surface area contributed by atoms with Gasteiger partial charge >= 0.3 is 0 Å². The lowest BCUT2D eigenvalue weighted by Crippen LogP contribution is -2.25. The SMILES string of the molecule is Cc1cc(NCC(C(C)C)C(C)C)nc(C(C)C)n1. The maximum Gasteiger partial charge on any atom is 0.133 e. The summed E-state index contributed by atoms with van der Waals surface area (Å²) < 4.78 is 0. The van der Waals surface area contributed by atoms with Crippen LogP contribution in [0.1, 0.15) is 59.0 Å². The Morgan fingerprint density at radius 3 is 2.05 bits per heavy atom. The summed E-state index contributed by atoms with van der Waals surface area (Å²) in [5, 5.41) is 3.49. The molecule has 0 unspecified atom stereocenters. The Morgan fingerprint density at radius 2 is 1.58 bits per heavy atom. The van der Waals surface area contributed by atoms with Crippen LogP contribution in [0.3, 0.4) is 0 Å². The second-order valence-corrected chi connectivity index (χ2v) is 6.44. The van der Waals surface area contributed by atoms with Crippen molar-refractivity contribution in [2.24, 2.45) is 17.8 Å². The summed E-state index contributed by atoms with van der Waals surface area (Å²) in [5.41, 5.74) is 1.03. The van der Waals surface area contributed by atoms with Crippen LogP contribution in [0.25, 0.3) is 0 Å². The predicted molar refractivity (Wildman–Crippen MR) is 82.5 cm³/mol. The Morgan fingerprint density at radius 1 is 1.00 bits per heavy atom. The highest BCUT2D eigenvalue weighted by Gasteiger charge is 2.17. The van der Waals surface area contributed by atoms with E-state index in [9.17, 15) is 0 Å². The number of rotatable bonds is 6. The van der Waals surface area contributed by atoms with Gasteiger partial charge in [-0.1, -0.05) is 41.5 Å². The van der Waals surface area contributed by atoms with Crippen LogP contribution < -0.4 is 5.32 Å². The Balaban J connectivity index is 2.77. The van der Waals surface area contributed by atoms with Gasteiger partial charge in [0.1, 0.15) is 11.6 Å². The number of hydrogen-bond donors (Lipinski definition) is 1. The zero-order valence-corrected chi connectivity index (χ0v) is 13.5. The fourth-order valence-electron chi connectivity index (χ4n) is 2.40. The quantitative estimate of drug-likeness (QED) is 0.833. The molecule has 0 radical (unpaired) electrons. The summed E-state index contributed by atoms with van der Waals surface area (Å²) in [6.07, 6.45) is 0. The Bertz CT molecular complexity index is 389. The number of anilines is 1. The van der Waals surface area contributed by atoms with Crippen LogP contribution in [0, 0.1) is 24.7 Å². The van der Waals surface area contributed by atoms with Gasteiger partial charge in [0.05, 0.1) is 0 Å². The summed E-state index contributed by atoms with van der Waals surface area (Å²) in [7, 11) is 0. The van der Waals surface area contributed by atoms with E-state index in [4.69, 9.17) is 0 Å². The molecule has 1 aromatic rings. The van der Waals surface area contributed by atoms with Gasteiger partial charge < -0.3 is 5.32 Å². The highest BCUT2D eigenvalue weighted by Crippen LogP contribution is 2.21. The second-order valence-electron chi connectivity index (χ2n) is 6.44. The average molecular weight is 263 g/mol. The van der Waals surface area contributed by atoms with Crippen molar-refractivity contribution in [3.63, 3.8) is 0 Å². The predicted octanol–water partition coefficient (Wildman–Crippen LogP) is 4.25. The van der Waals surface area contributed by atoms with Gasteiger partial charge in [0.15, 0.2) is 0 Å². The molecule has 1 rings (SSSR count).